The maximum atomic E-state index is 11.7. The molecule has 0 bridgehead atoms. The minimum Gasteiger partial charge on any atom is -0.300 e. The summed E-state index contributed by atoms with van der Waals surface area (Å²) in [6.07, 6.45) is 8.19. The van der Waals surface area contributed by atoms with Crippen LogP contribution in [0.25, 0.3) is 5.03 Å². The van der Waals surface area contributed by atoms with Gasteiger partial charge in [-0.1, -0.05) is 41.9 Å². The molecule has 0 aromatic heterocycles. The Morgan fingerprint density at radius 1 is 0.950 bits per heavy atom. The number of Topliss-reactive ketones (excluding diaryl/α,β-unsaturated/α-hetero) is 1. The van der Waals surface area contributed by atoms with E-state index >= 15 is 0 Å². The van der Waals surface area contributed by atoms with Gasteiger partial charge in [-0.25, -0.2) is 0 Å². The van der Waals surface area contributed by atoms with Crippen LogP contribution in [0.5, 0.6) is 0 Å². The molecule has 106 valence electrons. The monoisotopic (exact) mass is 288 g/mol. The van der Waals surface area contributed by atoms with E-state index in [0.717, 1.165) is 49.1 Å². The third kappa shape index (κ3) is 2.56. The second-order valence-corrected chi connectivity index (χ2v) is 6.56. The molecule has 1 unspecified atom stereocenters. The maximum Gasteiger partial charge on any atom is 0.132 e. The highest BCUT2D eigenvalue weighted by Gasteiger charge is 2.40. The van der Waals surface area contributed by atoms with Gasteiger partial charge in [-0.3, -0.25) is 4.79 Å². The van der Waals surface area contributed by atoms with E-state index in [1.54, 1.807) is 0 Å². The zero-order chi connectivity index (χ0) is 14.0. The number of ketones is 1. The summed E-state index contributed by atoms with van der Waals surface area (Å²) in [5.41, 5.74) is 2.75. The summed E-state index contributed by atoms with van der Waals surface area (Å²) in [6.45, 7) is 0. The minimum atomic E-state index is 0.207. The van der Waals surface area contributed by atoms with Crippen LogP contribution in [0.3, 0.4) is 0 Å². The lowest BCUT2D eigenvalue weighted by atomic mass is 9.75. The molecule has 2 saturated carbocycles. The van der Waals surface area contributed by atoms with Gasteiger partial charge < -0.3 is 0 Å². The molecule has 1 aromatic carbocycles. The summed E-state index contributed by atoms with van der Waals surface area (Å²) in [5, 5.41) is 0.942. The molecule has 0 radical (unpaired) electrons. The second-order valence-electron chi connectivity index (χ2n) is 6.18. The van der Waals surface area contributed by atoms with Crippen molar-refractivity contribution in [1.82, 2.24) is 0 Å². The molecule has 2 aliphatic rings. The fraction of sp³-hybridized carbons (Fsp3) is 0.500. The highest BCUT2D eigenvalue weighted by Crippen LogP contribution is 2.54. The summed E-state index contributed by atoms with van der Waals surface area (Å²) >= 11 is 6.72. The Balaban J connectivity index is 1.97. The molecular weight excluding hydrogens is 268 g/mol. The molecule has 2 heteroatoms. The molecule has 0 saturated heterocycles. The molecule has 1 atom stereocenters. The van der Waals surface area contributed by atoms with Gasteiger partial charge in [0.15, 0.2) is 0 Å². The van der Waals surface area contributed by atoms with Crippen molar-refractivity contribution in [3.05, 3.63) is 41.5 Å². The van der Waals surface area contributed by atoms with Gasteiger partial charge in [-0.2, -0.15) is 0 Å². The van der Waals surface area contributed by atoms with Crippen molar-refractivity contribution < 1.29 is 4.79 Å². The molecule has 1 nitrogen and oxygen atoms in total. The highest BCUT2D eigenvalue weighted by atomic mass is 35.5. The molecule has 2 aliphatic carbocycles. The summed E-state index contributed by atoms with van der Waals surface area (Å²) in [5.74, 6) is 0.434. The first-order valence-corrected chi connectivity index (χ1v) is 8.05. The smallest absolute Gasteiger partial charge is 0.132 e. The van der Waals surface area contributed by atoms with E-state index in [4.69, 9.17) is 11.6 Å². The Bertz CT molecular complexity index is 532. The third-order valence-corrected chi connectivity index (χ3v) is 5.45. The number of allylic oxidation sites excluding steroid dienone is 1. The van der Waals surface area contributed by atoms with Crippen LogP contribution in [0.1, 0.15) is 56.9 Å². The topological polar surface area (TPSA) is 17.1 Å². The van der Waals surface area contributed by atoms with E-state index in [9.17, 15) is 4.79 Å². The van der Waals surface area contributed by atoms with Crippen molar-refractivity contribution in [3.8, 4) is 0 Å². The average Bonchev–Trinajstić information content (AvgIpc) is 2.79. The number of carbonyl (C=O) groups is 1. The summed E-state index contributed by atoms with van der Waals surface area (Å²) < 4.78 is 0. The van der Waals surface area contributed by atoms with Crippen LogP contribution in [-0.4, -0.2) is 5.78 Å². The van der Waals surface area contributed by atoms with Crippen molar-refractivity contribution in [2.75, 3.05) is 0 Å². The number of hydrogen-bond donors (Lipinski definition) is 0. The van der Waals surface area contributed by atoms with Gasteiger partial charge in [0, 0.05) is 17.9 Å². The van der Waals surface area contributed by atoms with Crippen LogP contribution in [0.4, 0.5) is 0 Å². The molecule has 0 heterocycles. The van der Waals surface area contributed by atoms with E-state index in [0.29, 0.717) is 5.78 Å². The van der Waals surface area contributed by atoms with Gasteiger partial charge in [0.25, 0.3) is 0 Å². The number of rotatable bonds is 1. The number of hydrogen-bond acceptors (Lipinski definition) is 1. The molecule has 3 rings (SSSR count). The Kier molecular flexibility index (Phi) is 3.98. The van der Waals surface area contributed by atoms with E-state index in [2.05, 4.69) is 12.1 Å². The van der Waals surface area contributed by atoms with Crippen molar-refractivity contribution in [1.29, 1.82) is 0 Å². The van der Waals surface area contributed by atoms with Gasteiger partial charge in [-0.15, -0.1) is 0 Å². The van der Waals surface area contributed by atoms with E-state index in [1.165, 1.54) is 18.4 Å². The van der Waals surface area contributed by atoms with Gasteiger partial charge in [-0.05, 0) is 55.1 Å². The van der Waals surface area contributed by atoms with Crippen LogP contribution in [-0.2, 0) is 4.79 Å². The predicted molar refractivity (Wildman–Crippen MR) is 83.6 cm³/mol. The molecule has 0 aliphatic heterocycles. The van der Waals surface area contributed by atoms with E-state index in [1.807, 2.05) is 18.2 Å². The van der Waals surface area contributed by atoms with Crippen molar-refractivity contribution in [3.63, 3.8) is 0 Å². The van der Waals surface area contributed by atoms with E-state index < -0.39 is 0 Å². The maximum absolute atomic E-state index is 11.7. The molecule has 1 spiro atoms. The number of benzene rings is 1. The second kappa shape index (κ2) is 5.73. The van der Waals surface area contributed by atoms with Gasteiger partial charge in [0.1, 0.15) is 5.78 Å². The first kappa shape index (κ1) is 13.9. The van der Waals surface area contributed by atoms with E-state index in [-0.39, 0.29) is 5.41 Å². The van der Waals surface area contributed by atoms with Crippen molar-refractivity contribution in [2.24, 2.45) is 5.41 Å². The van der Waals surface area contributed by atoms with Crippen LogP contribution < -0.4 is 0 Å². The Morgan fingerprint density at radius 2 is 1.65 bits per heavy atom. The highest BCUT2D eigenvalue weighted by molar-refractivity contribution is 6.49. The molecule has 20 heavy (non-hydrogen) atoms. The zero-order valence-electron chi connectivity index (χ0n) is 11.8. The Hall–Kier alpha value is -1.08. The fourth-order valence-electron chi connectivity index (χ4n) is 3.93. The normalized spacial score (nSPS) is 29.6. The average molecular weight is 289 g/mol. The number of carbonyl (C=O) groups excluding carboxylic acids is 1. The lowest BCUT2D eigenvalue weighted by Gasteiger charge is -2.30. The molecular formula is C18H21ClO. The lowest BCUT2D eigenvalue weighted by molar-refractivity contribution is -0.119. The summed E-state index contributed by atoms with van der Waals surface area (Å²) in [4.78, 5) is 11.7. The summed E-state index contributed by atoms with van der Waals surface area (Å²) in [6, 6.07) is 10.3. The predicted octanol–water partition coefficient (Wildman–Crippen LogP) is 5.34. The van der Waals surface area contributed by atoms with Crippen molar-refractivity contribution >= 4 is 22.4 Å². The SMILES string of the molecule is O=C1CCCC2(CCC/C2=C(\Cl)c2ccccc2)CC1. The van der Waals surface area contributed by atoms with Gasteiger partial charge in [0.05, 0.1) is 0 Å². The number of halogens is 1. The quantitative estimate of drug-likeness (QED) is 0.682. The van der Waals surface area contributed by atoms with Gasteiger partial charge in [0.2, 0.25) is 0 Å². The largest absolute Gasteiger partial charge is 0.300 e. The van der Waals surface area contributed by atoms with Crippen LogP contribution in [0.2, 0.25) is 0 Å². The molecule has 0 amide bonds. The third-order valence-electron chi connectivity index (χ3n) is 5.01. The molecule has 1 aromatic rings. The summed E-state index contributed by atoms with van der Waals surface area (Å²) in [7, 11) is 0. The minimum absolute atomic E-state index is 0.207. The van der Waals surface area contributed by atoms with Gasteiger partial charge >= 0.3 is 0 Å². The van der Waals surface area contributed by atoms with Crippen LogP contribution in [0.15, 0.2) is 35.9 Å². The van der Waals surface area contributed by atoms with Crippen LogP contribution in [0, 0.1) is 5.41 Å². The Labute approximate surface area is 126 Å². The first-order valence-electron chi connectivity index (χ1n) is 7.68. The first-order chi connectivity index (χ1) is 9.71. The Morgan fingerprint density at radius 3 is 2.40 bits per heavy atom. The van der Waals surface area contributed by atoms with Crippen molar-refractivity contribution in [2.45, 2.75) is 51.4 Å². The lowest BCUT2D eigenvalue weighted by Crippen LogP contribution is -2.18. The molecule has 0 N–H and O–H groups in total. The standard InChI is InChI=1S/C18H21ClO/c19-17(14-6-2-1-3-7-14)16-9-5-12-18(16)11-4-8-15(20)10-13-18/h1-3,6-7H,4-5,8-13H2/b17-16+. The molecule has 2 fully saturated rings. The zero-order valence-corrected chi connectivity index (χ0v) is 12.6. The fourth-order valence-corrected chi connectivity index (χ4v) is 4.35. The van der Waals surface area contributed by atoms with Crippen LogP contribution >= 0.6 is 11.6 Å².